The summed E-state index contributed by atoms with van der Waals surface area (Å²) in [4.78, 5) is 14.0. The van der Waals surface area contributed by atoms with Crippen molar-refractivity contribution in [1.29, 1.82) is 0 Å². The zero-order chi connectivity index (χ0) is 12.3. The largest absolute Gasteiger partial charge is 0.396 e. The lowest BCUT2D eigenvalue weighted by Crippen LogP contribution is -2.38. The van der Waals surface area contributed by atoms with E-state index < -0.39 is 0 Å². The fourth-order valence-electron chi connectivity index (χ4n) is 2.28. The van der Waals surface area contributed by atoms with Crippen molar-refractivity contribution >= 4 is 5.91 Å². The van der Waals surface area contributed by atoms with Crippen LogP contribution >= 0.6 is 0 Å². The molecule has 0 atom stereocenters. The number of likely N-dealkylation sites (tertiary alicyclic amines) is 1. The first-order chi connectivity index (χ1) is 8.22. The lowest BCUT2D eigenvalue weighted by atomic mass is 9.93. The lowest BCUT2D eigenvalue weighted by Gasteiger charge is -2.31. The first-order valence-electron chi connectivity index (χ1n) is 6.03. The van der Waals surface area contributed by atoms with Crippen LogP contribution in [0, 0.1) is 12.8 Å². The van der Waals surface area contributed by atoms with Gasteiger partial charge in [-0.15, -0.1) is 0 Å². The molecule has 1 aromatic heterocycles. The summed E-state index contributed by atoms with van der Waals surface area (Å²) in [5.41, 5.74) is 0.561. The predicted octanol–water partition coefficient (Wildman–Crippen LogP) is 1.22. The van der Waals surface area contributed by atoms with Gasteiger partial charge in [0.2, 0.25) is 0 Å². The fourth-order valence-corrected chi connectivity index (χ4v) is 2.28. The number of aryl methyl sites for hydroxylation is 1. The van der Waals surface area contributed by atoms with Gasteiger partial charge in [0.15, 0.2) is 0 Å². The van der Waals surface area contributed by atoms with E-state index in [9.17, 15) is 4.79 Å². The number of amides is 1. The summed E-state index contributed by atoms with van der Waals surface area (Å²) in [5.74, 6) is 1.13. The molecule has 1 aliphatic rings. The molecule has 0 saturated carbocycles. The summed E-state index contributed by atoms with van der Waals surface area (Å²) in [6.45, 7) is 3.50. The van der Waals surface area contributed by atoms with E-state index in [0.29, 0.717) is 17.2 Å². The van der Waals surface area contributed by atoms with Crippen molar-refractivity contribution in [3.8, 4) is 0 Å². The van der Waals surface area contributed by atoms with Crippen LogP contribution in [0.1, 0.15) is 35.4 Å². The Morgan fingerprint density at radius 3 is 2.82 bits per heavy atom. The topological polar surface area (TPSA) is 66.6 Å². The molecule has 1 fully saturated rings. The van der Waals surface area contributed by atoms with Gasteiger partial charge in [0, 0.05) is 19.7 Å². The van der Waals surface area contributed by atoms with E-state index in [0.717, 1.165) is 32.4 Å². The van der Waals surface area contributed by atoms with Crippen molar-refractivity contribution in [1.82, 2.24) is 10.1 Å². The van der Waals surface area contributed by atoms with Gasteiger partial charge in [-0.3, -0.25) is 4.79 Å². The molecule has 1 saturated heterocycles. The maximum absolute atomic E-state index is 12.1. The summed E-state index contributed by atoms with van der Waals surface area (Å²) in [6.07, 6.45) is 4.26. The van der Waals surface area contributed by atoms with E-state index in [-0.39, 0.29) is 12.5 Å². The molecular formula is C12H18N2O3. The van der Waals surface area contributed by atoms with Gasteiger partial charge < -0.3 is 14.5 Å². The SMILES string of the molecule is Cc1oncc1C(=O)N1CCC(CCO)CC1. The molecule has 0 bridgehead atoms. The molecule has 0 aromatic carbocycles. The number of aromatic nitrogens is 1. The second-order valence-electron chi connectivity index (χ2n) is 4.54. The quantitative estimate of drug-likeness (QED) is 0.859. The Bertz CT molecular complexity index is 381. The second kappa shape index (κ2) is 5.31. The van der Waals surface area contributed by atoms with Gasteiger partial charge in [-0.1, -0.05) is 5.16 Å². The zero-order valence-electron chi connectivity index (χ0n) is 10.1. The third-order valence-electron chi connectivity index (χ3n) is 3.42. The molecule has 94 valence electrons. The normalized spacial score (nSPS) is 17.4. The van der Waals surface area contributed by atoms with E-state index in [4.69, 9.17) is 9.63 Å². The van der Waals surface area contributed by atoms with Crippen LogP contribution in [0.5, 0.6) is 0 Å². The summed E-state index contributed by atoms with van der Waals surface area (Å²) in [5, 5.41) is 12.5. The van der Waals surface area contributed by atoms with Gasteiger partial charge in [-0.2, -0.15) is 0 Å². The Morgan fingerprint density at radius 1 is 1.59 bits per heavy atom. The molecule has 0 unspecified atom stereocenters. The van der Waals surface area contributed by atoms with Crippen LogP contribution in [0.25, 0.3) is 0 Å². The number of hydrogen-bond acceptors (Lipinski definition) is 4. The molecule has 2 heterocycles. The van der Waals surface area contributed by atoms with E-state index in [1.807, 2.05) is 4.90 Å². The van der Waals surface area contributed by atoms with Crippen molar-refractivity contribution in [3.63, 3.8) is 0 Å². The van der Waals surface area contributed by atoms with Crippen LogP contribution < -0.4 is 0 Å². The van der Waals surface area contributed by atoms with Gasteiger partial charge in [-0.05, 0) is 32.1 Å². The van der Waals surface area contributed by atoms with Crippen molar-refractivity contribution < 1.29 is 14.4 Å². The second-order valence-corrected chi connectivity index (χ2v) is 4.54. The smallest absolute Gasteiger partial charge is 0.259 e. The molecule has 1 aliphatic heterocycles. The standard InChI is InChI=1S/C12H18N2O3/c1-9-11(8-13-17-9)12(16)14-5-2-10(3-6-14)4-7-15/h8,10,15H,2-7H2,1H3. The average Bonchev–Trinajstić information content (AvgIpc) is 2.76. The highest BCUT2D eigenvalue weighted by Crippen LogP contribution is 2.22. The zero-order valence-corrected chi connectivity index (χ0v) is 10.1. The molecule has 0 aliphatic carbocycles. The lowest BCUT2D eigenvalue weighted by molar-refractivity contribution is 0.0676. The number of carbonyl (C=O) groups is 1. The summed E-state index contributed by atoms with van der Waals surface area (Å²) < 4.78 is 4.91. The van der Waals surface area contributed by atoms with Gasteiger partial charge in [0.05, 0.1) is 6.20 Å². The van der Waals surface area contributed by atoms with Crippen LogP contribution in [0.15, 0.2) is 10.7 Å². The summed E-state index contributed by atoms with van der Waals surface area (Å²) >= 11 is 0. The number of aliphatic hydroxyl groups excluding tert-OH is 1. The number of piperidine rings is 1. The highest BCUT2D eigenvalue weighted by Gasteiger charge is 2.25. The third-order valence-corrected chi connectivity index (χ3v) is 3.42. The number of hydrogen-bond donors (Lipinski definition) is 1. The van der Waals surface area contributed by atoms with Crippen LogP contribution in [0.3, 0.4) is 0 Å². The summed E-state index contributed by atoms with van der Waals surface area (Å²) in [7, 11) is 0. The van der Waals surface area contributed by atoms with Gasteiger partial charge in [-0.25, -0.2) is 0 Å². The van der Waals surface area contributed by atoms with Crippen molar-refractivity contribution in [2.45, 2.75) is 26.2 Å². The minimum Gasteiger partial charge on any atom is -0.396 e. The Labute approximate surface area is 100 Å². The minimum absolute atomic E-state index is 0.00574. The molecule has 1 N–H and O–H groups in total. The maximum Gasteiger partial charge on any atom is 0.259 e. The Balaban J connectivity index is 1.93. The first-order valence-corrected chi connectivity index (χ1v) is 6.03. The van der Waals surface area contributed by atoms with E-state index in [1.165, 1.54) is 6.20 Å². The highest BCUT2D eigenvalue weighted by atomic mass is 16.5. The minimum atomic E-state index is 0.00574. The molecule has 5 heteroatoms. The highest BCUT2D eigenvalue weighted by molar-refractivity contribution is 5.94. The Hall–Kier alpha value is -1.36. The Morgan fingerprint density at radius 2 is 2.29 bits per heavy atom. The van der Waals surface area contributed by atoms with Crippen molar-refractivity contribution in [2.24, 2.45) is 5.92 Å². The van der Waals surface area contributed by atoms with E-state index in [1.54, 1.807) is 6.92 Å². The van der Waals surface area contributed by atoms with Gasteiger partial charge in [0.25, 0.3) is 5.91 Å². The van der Waals surface area contributed by atoms with E-state index in [2.05, 4.69) is 5.16 Å². The number of rotatable bonds is 3. The first kappa shape index (κ1) is 12.1. The number of nitrogens with zero attached hydrogens (tertiary/aromatic N) is 2. The van der Waals surface area contributed by atoms with Crippen LogP contribution in [0.2, 0.25) is 0 Å². The van der Waals surface area contributed by atoms with Crippen molar-refractivity contribution in [3.05, 3.63) is 17.5 Å². The van der Waals surface area contributed by atoms with Gasteiger partial charge in [0.1, 0.15) is 11.3 Å². The molecule has 2 rings (SSSR count). The molecule has 5 nitrogen and oxygen atoms in total. The maximum atomic E-state index is 12.1. The van der Waals surface area contributed by atoms with Crippen LogP contribution in [-0.2, 0) is 0 Å². The molecule has 1 aromatic rings. The number of aliphatic hydroxyl groups is 1. The monoisotopic (exact) mass is 238 g/mol. The predicted molar refractivity (Wildman–Crippen MR) is 61.6 cm³/mol. The fraction of sp³-hybridized carbons (Fsp3) is 0.667. The molecule has 1 amide bonds. The molecular weight excluding hydrogens is 220 g/mol. The van der Waals surface area contributed by atoms with Crippen molar-refractivity contribution in [2.75, 3.05) is 19.7 Å². The molecule has 0 spiro atoms. The number of carbonyl (C=O) groups excluding carboxylic acids is 1. The van der Waals surface area contributed by atoms with Crippen LogP contribution in [-0.4, -0.2) is 40.8 Å². The summed E-state index contributed by atoms with van der Waals surface area (Å²) in [6, 6.07) is 0. The molecule has 17 heavy (non-hydrogen) atoms. The third kappa shape index (κ3) is 2.66. The average molecular weight is 238 g/mol. The van der Waals surface area contributed by atoms with Crippen LogP contribution in [0.4, 0.5) is 0 Å². The van der Waals surface area contributed by atoms with E-state index >= 15 is 0 Å². The Kier molecular flexibility index (Phi) is 3.78. The molecule has 0 radical (unpaired) electrons. The van der Waals surface area contributed by atoms with Gasteiger partial charge >= 0.3 is 0 Å².